The summed E-state index contributed by atoms with van der Waals surface area (Å²) in [5.74, 6) is -4.10. The number of thioether (sulfide) groups is 1. The zero-order valence-electron chi connectivity index (χ0n) is 17.5. The van der Waals surface area contributed by atoms with E-state index in [1.165, 1.54) is 24.3 Å². The first kappa shape index (κ1) is 26.9. The monoisotopic (exact) mass is 472 g/mol. The quantitative estimate of drug-likeness (QED) is 0.150. The highest BCUT2D eigenvalue weighted by Gasteiger charge is 2.29. The number of nitrogens with one attached hydrogen (secondary N) is 4. The Bertz CT molecular complexity index is 789. The van der Waals surface area contributed by atoms with E-state index in [1.54, 1.807) is 6.26 Å². The summed E-state index contributed by atoms with van der Waals surface area (Å²) in [6.45, 7) is -0.402. The predicted octanol–water partition coefficient (Wildman–Crippen LogP) is -1.93. The molecule has 0 aliphatic carbocycles. The van der Waals surface area contributed by atoms with Crippen molar-refractivity contribution in [1.29, 1.82) is 0 Å². The van der Waals surface area contributed by atoms with Gasteiger partial charge < -0.3 is 36.9 Å². The van der Waals surface area contributed by atoms with Gasteiger partial charge in [-0.1, -0.05) is 0 Å². The average Bonchev–Trinajstić information content (AvgIpc) is 3.25. The number of hydrogen-bond donors (Lipinski definition) is 7. The van der Waals surface area contributed by atoms with Crippen molar-refractivity contribution in [1.82, 2.24) is 25.9 Å². The maximum absolute atomic E-state index is 12.8. The molecule has 1 aromatic heterocycles. The molecule has 0 aliphatic rings. The highest BCUT2D eigenvalue weighted by molar-refractivity contribution is 7.98. The average molecular weight is 473 g/mol. The molecule has 0 bridgehead atoms. The predicted molar refractivity (Wildman–Crippen MR) is 115 cm³/mol. The van der Waals surface area contributed by atoms with Crippen molar-refractivity contribution < 1.29 is 34.2 Å². The topological polar surface area (TPSA) is 217 Å². The van der Waals surface area contributed by atoms with E-state index in [9.17, 15) is 29.1 Å². The van der Waals surface area contributed by atoms with Crippen LogP contribution in [0.25, 0.3) is 0 Å². The molecule has 3 amide bonds. The second-order valence-corrected chi connectivity index (χ2v) is 7.77. The number of rotatable bonds is 15. The van der Waals surface area contributed by atoms with E-state index < -0.39 is 60.8 Å². The van der Waals surface area contributed by atoms with Crippen LogP contribution >= 0.6 is 11.8 Å². The number of nitrogens with zero attached hydrogens (tertiary/aromatic N) is 1. The largest absolute Gasteiger partial charge is 0.481 e. The first-order valence-corrected chi connectivity index (χ1v) is 11.1. The van der Waals surface area contributed by atoms with Crippen molar-refractivity contribution in [3.8, 4) is 0 Å². The number of carbonyl (C=O) groups excluding carboxylic acids is 3. The summed E-state index contributed by atoms with van der Waals surface area (Å²) in [4.78, 5) is 66.1. The zero-order valence-corrected chi connectivity index (χ0v) is 18.3. The van der Waals surface area contributed by atoms with Crippen LogP contribution in [0.4, 0.5) is 0 Å². The maximum Gasteiger partial charge on any atom is 0.326 e. The SMILES string of the molecule is CSCCC(NC(=O)C(CCC(=O)O)NC(=O)CN)C(=O)NC(Cc1cnc[nH]1)C(=O)O. The number of imidazole rings is 1. The standard InChI is InChI=1S/C18H28N6O7S/c1-32-5-4-12(17(29)24-13(18(30)31)6-10-8-20-9-21-10)23-16(28)11(2-3-15(26)27)22-14(25)7-19/h8-9,11-13H,2-7,19H2,1H3,(H,20,21)(H,22,25)(H,23,28)(H,24,29)(H,26,27)(H,30,31). The van der Waals surface area contributed by atoms with Crippen LogP contribution in [0.5, 0.6) is 0 Å². The van der Waals surface area contributed by atoms with Crippen molar-refractivity contribution in [2.45, 2.75) is 43.8 Å². The minimum Gasteiger partial charge on any atom is -0.481 e. The molecule has 13 nitrogen and oxygen atoms in total. The van der Waals surface area contributed by atoms with Gasteiger partial charge in [0.1, 0.15) is 18.1 Å². The van der Waals surface area contributed by atoms with Gasteiger partial charge in [-0.2, -0.15) is 11.8 Å². The molecule has 0 fully saturated rings. The molecule has 3 atom stereocenters. The third kappa shape index (κ3) is 9.78. The molecule has 1 rings (SSSR count). The lowest BCUT2D eigenvalue weighted by Gasteiger charge is -2.24. The smallest absolute Gasteiger partial charge is 0.326 e. The minimum atomic E-state index is -1.27. The number of aromatic amines is 1. The van der Waals surface area contributed by atoms with E-state index in [4.69, 9.17) is 10.8 Å². The summed E-state index contributed by atoms with van der Waals surface area (Å²) in [5, 5.41) is 25.5. The molecule has 178 valence electrons. The van der Waals surface area contributed by atoms with E-state index >= 15 is 0 Å². The molecule has 1 heterocycles. The number of carboxylic acid groups (broad SMARTS) is 2. The molecular weight excluding hydrogens is 444 g/mol. The highest BCUT2D eigenvalue weighted by Crippen LogP contribution is 2.06. The molecule has 0 saturated heterocycles. The first-order valence-electron chi connectivity index (χ1n) is 9.68. The molecule has 32 heavy (non-hydrogen) atoms. The minimum absolute atomic E-state index is 0.0436. The Kier molecular flexibility index (Phi) is 11.8. The zero-order chi connectivity index (χ0) is 24.1. The van der Waals surface area contributed by atoms with E-state index in [2.05, 4.69) is 25.9 Å². The lowest BCUT2D eigenvalue weighted by atomic mass is 10.1. The summed E-state index contributed by atoms with van der Waals surface area (Å²) in [5.41, 5.74) is 5.74. The van der Waals surface area contributed by atoms with Gasteiger partial charge in [0.25, 0.3) is 0 Å². The van der Waals surface area contributed by atoms with Crippen molar-refractivity contribution in [2.75, 3.05) is 18.6 Å². The van der Waals surface area contributed by atoms with Crippen molar-refractivity contribution >= 4 is 41.4 Å². The van der Waals surface area contributed by atoms with Crippen LogP contribution in [0.2, 0.25) is 0 Å². The number of carboxylic acids is 2. The summed E-state index contributed by atoms with van der Waals surface area (Å²) >= 11 is 1.42. The van der Waals surface area contributed by atoms with Crippen LogP contribution in [0, 0.1) is 0 Å². The van der Waals surface area contributed by atoms with Gasteiger partial charge in [0.2, 0.25) is 17.7 Å². The van der Waals surface area contributed by atoms with Crippen LogP contribution in [-0.4, -0.2) is 86.5 Å². The fourth-order valence-corrected chi connectivity index (χ4v) is 3.13. The van der Waals surface area contributed by atoms with Gasteiger partial charge in [0.05, 0.1) is 12.9 Å². The van der Waals surface area contributed by atoms with Crippen molar-refractivity contribution in [3.05, 3.63) is 18.2 Å². The number of nitrogens with two attached hydrogens (primary N) is 1. The normalized spacial score (nSPS) is 13.4. The van der Waals surface area contributed by atoms with Gasteiger partial charge in [-0.3, -0.25) is 19.2 Å². The number of aromatic nitrogens is 2. The van der Waals surface area contributed by atoms with Crippen LogP contribution in [-0.2, 0) is 30.4 Å². The second-order valence-electron chi connectivity index (χ2n) is 6.78. The molecule has 0 aliphatic heterocycles. The highest BCUT2D eigenvalue weighted by atomic mass is 32.2. The maximum atomic E-state index is 12.8. The van der Waals surface area contributed by atoms with Gasteiger partial charge in [-0.15, -0.1) is 0 Å². The molecule has 3 unspecified atom stereocenters. The Morgan fingerprint density at radius 3 is 2.19 bits per heavy atom. The number of aliphatic carboxylic acids is 2. The summed E-state index contributed by atoms with van der Waals surface area (Å²) in [6, 6.07) is -3.58. The Morgan fingerprint density at radius 1 is 1.06 bits per heavy atom. The third-order valence-corrected chi connectivity index (χ3v) is 4.97. The number of hydrogen-bond acceptors (Lipinski definition) is 8. The molecule has 8 N–H and O–H groups in total. The van der Waals surface area contributed by atoms with Crippen LogP contribution < -0.4 is 21.7 Å². The van der Waals surface area contributed by atoms with Crippen molar-refractivity contribution in [2.24, 2.45) is 5.73 Å². The molecular formula is C18H28N6O7S. The Balaban J connectivity index is 2.91. The molecule has 14 heteroatoms. The Hall–Kier alpha value is -3.13. The first-order chi connectivity index (χ1) is 15.2. The number of amides is 3. The molecule has 0 radical (unpaired) electrons. The van der Waals surface area contributed by atoms with Crippen LogP contribution in [0.15, 0.2) is 12.5 Å². The molecule has 0 saturated carbocycles. The Morgan fingerprint density at radius 2 is 1.69 bits per heavy atom. The third-order valence-electron chi connectivity index (χ3n) is 4.32. The van der Waals surface area contributed by atoms with E-state index in [0.29, 0.717) is 11.4 Å². The summed E-state index contributed by atoms with van der Waals surface area (Å²) in [6.07, 6.45) is 4.15. The van der Waals surface area contributed by atoms with Crippen LogP contribution in [0.3, 0.4) is 0 Å². The van der Waals surface area contributed by atoms with Gasteiger partial charge in [-0.05, 0) is 24.9 Å². The number of carbonyl (C=O) groups is 5. The van der Waals surface area contributed by atoms with Crippen LogP contribution in [0.1, 0.15) is 25.0 Å². The Labute approximate surface area is 188 Å². The number of H-pyrrole nitrogens is 1. The molecule has 0 spiro atoms. The summed E-state index contributed by atoms with van der Waals surface area (Å²) in [7, 11) is 0. The molecule has 0 aromatic carbocycles. The van der Waals surface area contributed by atoms with Crippen molar-refractivity contribution in [3.63, 3.8) is 0 Å². The lowest BCUT2D eigenvalue weighted by molar-refractivity contribution is -0.142. The van der Waals surface area contributed by atoms with Gasteiger partial charge in [-0.25, -0.2) is 9.78 Å². The second kappa shape index (κ2) is 14.0. The lowest BCUT2D eigenvalue weighted by Crippen LogP contribution is -2.56. The van der Waals surface area contributed by atoms with Gasteiger partial charge >= 0.3 is 11.9 Å². The fraction of sp³-hybridized carbons (Fsp3) is 0.556. The van der Waals surface area contributed by atoms with Gasteiger partial charge in [0.15, 0.2) is 0 Å². The van der Waals surface area contributed by atoms with Gasteiger partial charge in [0, 0.05) is 24.7 Å². The van der Waals surface area contributed by atoms with E-state index in [-0.39, 0.29) is 19.3 Å². The molecule has 1 aromatic rings. The fourth-order valence-electron chi connectivity index (χ4n) is 2.66. The van der Waals surface area contributed by atoms with E-state index in [1.807, 2.05) is 0 Å². The summed E-state index contributed by atoms with van der Waals surface area (Å²) < 4.78 is 0. The van der Waals surface area contributed by atoms with E-state index in [0.717, 1.165) is 0 Å².